The summed E-state index contributed by atoms with van der Waals surface area (Å²) in [5.74, 6) is 0.843. The second-order valence-electron chi connectivity index (χ2n) is 7.31. The lowest BCUT2D eigenvalue weighted by molar-refractivity contribution is 0.0135. The average Bonchev–Trinajstić information content (AvgIpc) is 2.76. The van der Waals surface area contributed by atoms with Gasteiger partial charge in [0.2, 0.25) is 0 Å². The van der Waals surface area contributed by atoms with E-state index in [4.69, 9.17) is 14.7 Å². The van der Waals surface area contributed by atoms with Gasteiger partial charge in [0, 0.05) is 31.7 Å². The molecule has 1 aliphatic heterocycles. The van der Waals surface area contributed by atoms with E-state index in [0.717, 1.165) is 44.2 Å². The highest BCUT2D eigenvalue weighted by Gasteiger charge is 2.21. The van der Waals surface area contributed by atoms with E-state index in [1.165, 1.54) is 5.56 Å². The molecule has 1 N–H and O–H groups in total. The predicted octanol–water partition coefficient (Wildman–Crippen LogP) is 3.34. The summed E-state index contributed by atoms with van der Waals surface area (Å²) in [4.78, 5) is 2.48. The van der Waals surface area contributed by atoms with Crippen LogP contribution in [-0.4, -0.2) is 43.3 Å². The van der Waals surface area contributed by atoms with Crippen molar-refractivity contribution >= 4 is 0 Å². The first kappa shape index (κ1) is 20.3. The molecule has 148 valence electrons. The lowest BCUT2D eigenvalue weighted by Gasteiger charge is -2.36. The normalized spacial score (nSPS) is 16.9. The summed E-state index contributed by atoms with van der Waals surface area (Å²) in [5.41, 5.74) is 2.85. The highest BCUT2D eigenvalue weighted by molar-refractivity contribution is 5.33. The first-order chi connectivity index (χ1) is 13.7. The number of morpholine rings is 1. The lowest BCUT2D eigenvalue weighted by atomic mass is 10.1. The molecule has 0 bridgehead atoms. The molecular weight excluding hydrogens is 350 g/mol. The standard InChI is InChI=1S/C23H29N3O2/c1-18(19(2)26-9-11-27-12-10-26)25-16-21-6-4-8-23(14-21)28-17-22-7-3-5-20(13-22)15-24/h3-8,13-14,18-19,25H,9-12,16-17H2,1-2H3. The summed E-state index contributed by atoms with van der Waals surface area (Å²) < 4.78 is 11.4. The van der Waals surface area contributed by atoms with Crippen molar-refractivity contribution in [3.63, 3.8) is 0 Å². The van der Waals surface area contributed by atoms with E-state index in [0.29, 0.717) is 24.3 Å². The van der Waals surface area contributed by atoms with Crippen molar-refractivity contribution in [2.24, 2.45) is 0 Å². The van der Waals surface area contributed by atoms with E-state index in [1.54, 1.807) is 6.07 Å². The zero-order valence-electron chi connectivity index (χ0n) is 16.7. The molecule has 1 aliphatic rings. The molecule has 2 atom stereocenters. The van der Waals surface area contributed by atoms with Crippen LogP contribution in [0.4, 0.5) is 0 Å². The number of hydrogen-bond donors (Lipinski definition) is 1. The first-order valence-electron chi connectivity index (χ1n) is 9.91. The van der Waals surface area contributed by atoms with Crippen molar-refractivity contribution in [2.45, 2.75) is 39.1 Å². The fourth-order valence-electron chi connectivity index (χ4n) is 3.39. The van der Waals surface area contributed by atoms with Crippen LogP contribution in [0.15, 0.2) is 48.5 Å². The molecule has 5 heteroatoms. The largest absolute Gasteiger partial charge is 0.489 e. The quantitative estimate of drug-likeness (QED) is 0.762. The van der Waals surface area contributed by atoms with Crippen LogP contribution >= 0.6 is 0 Å². The predicted molar refractivity (Wildman–Crippen MR) is 110 cm³/mol. The minimum absolute atomic E-state index is 0.386. The van der Waals surface area contributed by atoms with Gasteiger partial charge in [-0.15, -0.1) is 0 Å². The van der Waals surface area contributed by atoms with Gasteiger partial charge in [0.25, 0.3) is 0 Å². The zero-order valence-corrected chi connectivity index (χ0v) is 16.7. The molecule has 2 unspecified atom stereocenters. The van der Waals surface area contributed by atoms with Crippen molar-refractivity contribution in [2.75, 3.05) is 26.3 Å². The summed E-state index contributed by atoms with van der Waals surface area (Å²) in [6.07, 6.45) is 0. The second kappa shape index (κ2) is 10.2. The van der Waals surface area contributed by atoms with E-state index < -0.39 is 0 Å². The maximum atomic E-state index is 9.00. The Hall–Kier alpha value is -2.39. The van der Waals surface area contributed by atoms with Gasteiger partial charge in [-0.1, -0.05) is 24.3 Å². The fraction of sp³-hybridized carbons (Fsp3) is 0.435. The Morgan fingerprint density at radius 3 is 2.64 bits per heavy atom. The summed E-state index contributed by atoms with van der Waals surface area (Å²) >= 11 is 0. The van der Waals surface area contributed by atoms with Crippen molar-refractivity contribution in [1.29, 1.82) is 5.26 Å². The molecule has 0 aromatic heterocycles. The summed E-state index contributed by atoms with van der Waals surface area (Å²) in [5, 5.41) is 12.6. The molecule has 0 radical (unpaired) electrons. The molecular formula is C23H29N3O2. The molecule has 1 saturated heterocycles. The van der Waals surface area contributed by atoms with E-state index in [9.17, 15) is 0 Å². The molecule has 1 heterocycles. The number of benzene rings is 2. The Morgan fingerprint density at radius 1 is 1.11 bits per heavy atom. The fourth-order valence-corrected chi connectivity index (χ4v) is 3.39. The third-order valence-electron chi connectivity index (χ3n) is 5.33. The number of hydrogen-bond acceptors (Lipinski definition) is 5. The van der Waals surface area contributed by atoms with Crippen LogP contribution in [0.1, 0.15) is 30.5 Å². The van der Waals surface area contributed by atoms with Crippen LogP contribution in [0, 0.1) is 11.3 Å². The molecule has 0 amide bonds. The van der Waals surface area contributed by atoms with Gasteiger partial charge in [-0.05, 0) is 49.2 Å². The van der Waals surface area contributed by atoms with Crippen LogP contribution in [0.3, 0.4) is 0 Å². The molecule has 1 fully saturated rings. The SMILES string of the molecule is CC(NCc1cccc(OCc2cccc(C#N)c2)c1)C(C)N1CCOCC1. The Morgan fingerprint density at radius 2 is 1.86 bits per heavy atom. The summed E-state index contributed by atoms with van der Waals surface area (Å²) in [6.45, 7) is 9.43. The Kier molecular flexibility index (Phi) is 7.44. The van der Waals surface area contributed by atoms with Gasteiger partial charge < -0.3 is 14.8 Å². The molecule has 2 aromatic carbocycles. The van der Waals surface area contributed by atoms with Gasteiger partial charge in [-0.25, -0.2) is 0 Å². The van der Waals surface area contributed by atoms with E-state index >= 15 is 0 Å². The minimum atomic E-state index is 0.386. The van der Waals surface area contributed by atoms with E-state index in [2.05, 4.69) is 42.3 Å². The Labute approximate surface area is 167 Å². The monoisotopic (exact) mass is 379 g/mol. The van der Waals surface area contributed by atoms with Gasteiger partial charge in [0.05, 0.1) is 24.8 Å². The molecule has 0 saturated carbocycles. The number of rotatable bonds is 8. The highest BCUT2D eigenvalue weighted by Crippen LogP contribution is 2.16. The van der Waals surface area contributed by atoms with Crippen LogP contribution in [0.2, 0.25) is 0 Å². The van der Waals surface area contributed by atoms with Crippen molar-refractivity contribution in [3.8, 4) is 11.8 Å². The number of nitrogens with one attached hydrogen (secondary N) is 1. The van der Waals surface area contributed by atoms with Crippen LogP contribution in [-0.2, 0) is 17.9 Å². The highest BCUT2D eigenvalue weighted by atomic mass is 16.5. The topological polar surface area (TPSA) is 57.5 Å². The maximum Gasteiger partial charge on any atom is 0.120 e. The second-order valence-corrected chi connectivity index (χ2v) is 7.31. The number of ether oxygens (including phenoxy) is 2. The molecule has 5 nitrogen and oxygen atoms in total. The van der Waals surface area contributed by atoms with Gasteiger partial charge >= 0.3 is 0 Å². The van der Waals surface area contributed by atoms with E-state index in [-0.39, 0.29) is 0 Å². The molecule has 3 rings (SSSR count). The Bertz CT molecular complexity index is 796. The minimum Gasteiger partial charge on any atom is -0.489 e. The molecule has 0 aliphatic carbocycles. The molecule has 2 aromatic rings. The number of nitrogens with zero attached hydrogens (tertiary/aromatic N) is 2. The number of nitriles is 1. The zero-order chi connectivity index (χ0) is 19.8. The third kappa shape index (κ3) is 5.80. The third-order valence-corrected chi connectivity index (χ3v) is 5.33. The summed E-state index contributed by atoms with van der Waals surface area (Å²) in [7, 11) is 0. The van der Waals surface area contributed by atoms with Crippen LogP contribution < -0.4 is 10.1 Å². The van der Waals surface area contributed by atoms with Crippen LogP contribution in [0.5, 0.6) is 5.75 Å². The summed E-state index contributed by atoms with van der Waals surface area (Å²) in [6, 6.07) is 18.7. The van der Waals surface area contributed by atoms with Crippen molar-refractivity contribution in [3.05, 3.63) is 65.2 Å². The van der Waals surface area contributed by atoms with Crippen molar-refractivity contribution in [1.82, 2.24) is 10.2 Å². The van der Waals surface area contributed by atoms with E-state index in [1.807, 2.05) is 30.3 Å². The average molecular weight is 380 g/mol. The molecule has 0 spiro atoms. The Balaban J connectivity index is 1.50. The van der Waals surface area contributed by atoms with Gasteiger partial charge in [0.1, 0.15) is 12.4 Å². The molecule has 28 heavy (non-hydrogen) atoms. The maximum absolute atomic E-state index is 9.00. The smallest absolute Gasteiger partial charge is 0.120 e. The van der Waals surface area contributed by atoms with Crippen LogP contribution in [0.25, 0.3) is 0 Å². The van der Waals surface area contributed by atoms with Crippen molar-refractivity contribution < 1.29 is 9.47 Å². The first-order valence-corrected chi connectivity index (χ1v) is 9.91. The van der Waals surface area contributed by atoms with Gasteiger partial charge in [-0.2, -0.15) is 5.26 Å². The lowest BCUT2D eigenvalue weighted by Crippen LogP contribution is -2.50. The van der Waals surface area contributed by atoms with Gasteiger partial charge in [-0.3, -0.25) is 4.90 Å². The van der Waals surface area contributed by atoms with Gasteiger partial charge in [0.15, 0.2) is 0 Å².